The Morgan fingerprint density at radius 2 is 2.28 bits per heavy atom. The molecule has 18 heavy (non-hydrogen) atoms. The molecule has 0 saturated carbocycles. The Kier molecular flexibility index (Phi) is 8.05. The molecule has 0 spiro atoms. The maximum Gasteiger partial charge on any atom is 0.322 e. The van der Waals surface area contributed by atoms with E-state index in [1.165, 1.54) is 12.2 Å². The Morgan fingerprint density at radius 3 is 2.83 bits per heavy atom. The smallest absolute Gasteiger partial charge is 0.322 e. The van der Waals surface area contributed by atoms with Gasteiger partial charge in [0.25, 0.3) is 0 Å². The van der Waals surface area contributed by atoms with E-state index in [9.17, 15) is 14.4 Å². The van der Waals surface area contributed by atoms with E-state index < -0.39 is 18.7 Å². The molecule has 106 valence electrons. The van der Waals surface area contributed by atoms with Crippen molar-refractivity contribution in [3.05, 3.63) is 5.21 Å². The van der Waals surface area contributed by atoms with Crippen LogP contribution in [0.3, 0.4) is 0 Å². The highest BCUT2D eigenvalue weighted by Crippen LogP contribution is 2.39. The number of unbranched alkanes of at least 4 members (excludes halogenated alkanes) is 2. The summed E-state index contributed by atoms with van der Waals surface area (Å²) in [7, 11) is 3.85. The van der Waals surface area contributed by atoms with Crippen molar-refractivity contribution >= 4 is 27.6 Å². The quantitative estimate of drug-likeness (QED) is 0.401. The molecule has 1 N–H and O–H groups in total. The number of carboxylic acids is 1. The van der Waals surface area contributed by atoms with Crippen LogP contribution >= 0.6 is 21.6 Å². The average Bonchev–Trinajstić information content (AvgIpc) is 2.82. The van der Waals surface area contributed by atoms with Crippen LogP contribution in [0.4, 0.5) is 4.39 Å². The standard InChI is InChI=1S/C11H19FNO3S2/c12-8-10(11(14)15)13(16)6-3-1-2-4-9-5-7-17-18-9/h9-10H,1-8H2,(H,14,15)/q-1/t9-,10?/m1/s1. The Bertz CT molecular complexity index is 252. The van der Waals surface area contributed by atoms with Gasteiger partial charge in [0, 0.05) is 11.0 Å². The second kappa shape index (κ2) is 9.01. The lowest BCUT2D eigenvalue weighted by Crippen LogP contribution is -2.39. The van der Waals surface area contributed by atoms with Crippen LogP contribution in [0.15, 0.2) is 0 Å². The third-order valence-corrected chi connectivity index (χ3v) is 5.92. The molecule has 0 aromatic heterocycles. The number of hydrogen-bond donors (Lipinski definition) is 1. The summed E-state index contributed by atoms with van der Waals surface area (Å²) < 4.78 is 12.3. The zero-order valence-corrected chi connectivity index (χ0v) is 11.8. The van der Waals surface area contributed by atoms with Crippen LogP contribution in [-0.4, -0.2) is 46.4 Å². The van der Waals surface area contributed by atoms with Gasteiger partial charge in [-0.3, -0.25) is 4.79 Å². The van der Waals surface area contributed by atoms with Crippen molar-refractivity contribution in [2.45, 2.75) is 43.4 Å². The van der Waals surface area contributed by atoms with Gasteiger partial charge in [0.1, 0.15) is 12.7 Å². The summed E-state index contributed by atoms with van der Waals surface area (Å²) >= 11 is 0. The summed E-state index contributed by atoms with van der Waals surface area (Å²) in [5.74, 6) is -0.160. The molecule has 0 amide bonds. The molecule has 0 radical (unpaired) electrons. The zero-order chi connectivity index (χ0) is 13.4. The highest BCUT2D eigenvalue weighted by Gasteiger charge is 2.18. The Labute approximate surface area is 115 Å². The minimum absolute atomic E-state index is 0.105. The van der Waals surface area contributed by atoms with Crippen molar-refractivity contribution in [2.24, 2.45) is 0 Å². The molecule has 0 bridgehead atoms. The number of hydroxylamine groups is 2. The fourth-order valence-corrected chi connectivity index (χ4v) is 4.83. The van der Waals surface area contributed by atoms with Gasteiger partial charge >= 0.3 is 5.97 Å². The first-order valence-corrected chi connectivity index (χ1v) is 8.54. The van der Waals surface area contributed by atoms with E-state index in [1.807, 2.05) is 21.6 Å². The van der Waals surface area contributed by atoms with Crippen molar-refractivity contribution in [3.63, 3.8) is 0 Å². The van der Waals surface area contributed by atoms with Gasteiger partial charge < -0.3 is 15.4 Å². The number of carboxylic acid groups (broad SMARTS) is 1. The van der Waals surface area contributed by atoms with Crippen LogP contribution in [0, 0.1) is 5.21 Å². The molecule has 7 heteroatoms. The maximum atomic E-state index is 12.3. The molecule has 1 saturated heterocycles. The fourth-order valence-electron chi connectivity index (χ4n) is 1.80. The summed E-state index contributed by atoms with van der Waals surface area (Å²) in [5, 5.41) is 21.0. The molecule has 1 unspecified atom stereocenters. The lowest BCUT2D eigenvalue weighted by molar-refractivity contribution is -0.142. The first-order chi connectivity index (χ1) is 8.65. The molecule has 1 heterocycles. The Morgan fingerprint density at radius 1 is 1.50 bits per heavy atom. The minimum Gasteiger partial charge on any atom is -0.784 e. The fraction of sp³-hybridized carbons (Fsp3) is 0.909. The Hall–Kier alpha value is 0.0200. The second-order valence-corrected chi connectivity index (χ2v) is 7.11. The maximum absolute atomic E-state index is 12.3. The molecule has 0 aromatic rings. The van der Waals surface area contributed by atoms with E-state index in [-0.39, 0.29) is 6.54 Å². The van der Waals surface area contributed by atoms with Crippen LogP contribution < -0.4 is 0 Å². The number of hydrogen-bond acceptors (Lipinski definition) is 5. The minimum atomic E-state index is -1.54. The van der Waals surface area contributed by atoms with Gasteiger partial charge in [-0.1, -0.05) is 34.4 Å². The molecule has 0 aliphatic carbocycles. The summed E-state index contributed by atoms with van der Waals surface area (Å²) in [6, 6.07) is -1.54. The van der Waals surface area contributed by atoms with Crippen LogP contribution in [-0.2, 0) is 4.79 Å². The van der Waals surface area contributed by atoms with Crippen LogP contribution in [0.2, 0.25) is 0 Å². The summed E-state index contributed by atoms with van der Waals surface area (Å²) in [5.41, 5.74) is 0. The number of aliphatic carboxylic acids is 1. The Balaban J connectivity index is 2.03. The molecule has 1 rings (SSSR count). The van der Waals surface area contributed by atoms with Crippen molar-refractivity contribution in [1.29, 1.82) is 0 Å². The normalized spacial score (nSPS) is 21.4. The first-order valence-electron chi connectivity index (χ1n) is 6.16. The number of rotatable bonds is 9. The van der Waals surface area contributed by atoms with Crippen molar-refractivity contribution in [3.8, 4) is 0 Å². The summed E-state index contributed by atoms with van der Waals surface area (Å²) in [4.78, 5) is 10.5. The highest BCUT2D eigenvalue weighted by atomic mass is 33.1. The molecule has 4 nitrogen and oxygen atoms in total. The average molecular weight is 296 g/mol. The monoisotopic (exact) mass is 296 g/mol. The topological polar surface area (TPSA) is 63.6 Å². The van der Waals surface area contributed by atoms with E-state index in [4.69, 9.17) is 5.11 Å². The largest absolute Gasteiger partial charge is 0.784 e. The molecule has 1 aliphatic rings. The van der Waals surface area contributed by atoms with Gasteiger partial charge in [0.2, 0.25) is 0 Å². The third kappa shape index (κ3) is 5.77. The van der Waals surface area contributed by atoms with Gasteiger partial charge in [-0.15, -0.1) is 0 Å². The van der Waals surface area contributed by atoms with Gasteiger partial charge in [0.05, 0.1) is 0 Å². The lowest BCUT2D eigenvalue weighted by atomic mass is 10.1. The van der Waals surface area contributed by atoms with Gasteiger partial charge in [0.15, 0.2) is 0 Å². The predicted octanol–water partition coefficient (Wildman–Crippen LogP) is 2.92. The van der Waals surface area contributed by atoms with E-state index in [0.717, 1.165) is 24.5 Å². The summed E-state index contributed by atoms with van der Waals surface area (Å²) in [6.07, 6.45) is 5.00. The molecule has 2 atom stereocenters. The highest BCUT2D eigenvalue weighted by molar-refractivity contribution is 8.77. The third-order valence-electron chi connectivity index (χ3n) is 2.91. The van der Waals surface area contributed by atoms with Crippen LogP contribution in [0.5, 0.6) is 0 Å². The van der Waals surface area contributed by atoms with Gasteiger partial charge in [-0.25, -0.2) is 4.39 Å². The van der Waals surface area contributed by atoms with Crippen LogP contribution in [0.25, 0.3) is 0 Å². The zero-order valence-electron chi connectivity index (χ0n) is 10.2. The second-order valence-electron chi connectivity index (χ2n) is 4.33. The molecular weight excluding hydrogens is 277 g/mol. The number of alkyl halides is 1. The van der Waals surface area contributed by atoms with E-state index in [2.05, 4.69) is 0 Å². The first kappa shape index (κ1) is 16.1. The molecular formula is C11H19FNO3S2-. The number of carbonyl (C=O) groups is 1. The summed E-state index contributed by atoms with van der Waals surface area (Å²) in [6.45, 7) is -1.03. The van der Waals surface area contributed by atoms with Gasteiger partial charge in [-0.05, 0) is 25.8 Å². The van der Waals surface area contributed by atoms with Crippen molar-refractivity contribution in [1.82, 2.24) is 5.06 Å². The van der Waals surface area contributed by atoms with Crippen molar-refractivity contribution in [2.75, 3.05) is 19.0 Å². The molecule has 0 aromatic carbocycles. The van der Waals surface area contributed by atoms with Crippen molar-refractivity contribution < 1.29 is 14.3 Å². The molecule has 1 aliphatic heterocycles. The number of nitrogens with zero attached hydrogens (tertiary/aromatic N) is 1. The molecule has 1 fully saturated rings. The van der Waals surface area contributed by atoms with E-state index >= 15 is 0 Å². The van der Waals surface area contributed by atoms with Crippen LogP contribution in [0.1, 0.15) is 32.1 Å². The van der Waals surface area contributed by atoms with E-state index in [0.29, 0.717) is 11.5 Å². The lowest BCUT2D eigenvalue weighted by Gasteiger charge is -2.32. The van der Waals surface area contributed by atoms with Gasteiger partial charge in [-0.2, -0.15) is 0 Å². The predicted molar refractivity (Wildman–Crippen MR) is 74.4 cm³/mol. The number of halogens is 1. The SMILES string of the molecule is O=C(O)C(CF)N([O-])CCCCC[C@@H]1CCSS1. The van der Waals surface area contributed by atoms with E-state index in [1.54, 1.807) is 0 Å².